The lowest BCUT2D eigenvalue weighted by Gasteiger charge is -2.17. The van der Waals surface area contributed by atoms with E-state index >= 15 is 0 Å². The van der Waals surface area contributed by atoms with Gasteiger partial charge in [0.15, 0.2) is 0 Å². The van der Waals surface area contributed by atoms with Crippen molar-refractivity contribution in [2.24, 2.45) is 11.7 Å². The van der Waals surface area contributed by atoms with Gasteiger partial charge < -0.3 is 16.2 Å². The summed E-state index contributed by atoms with van der Waals surface area (Å²) in [4.78, 5) is 11.2. The number of hydrogen-bond acceptors (Lipinski definition) is 3. The van der Waals surface area contributed by atoms with Crippen molar-refractivity contribution in [2.45, 2.75) is 32.2 Å². The van der Waals surface area contributed by atoms with Crippen LogP contribution in [0.3, 0.4) is 0 Å². The number of rotatable bonds is 6. The molecule has 1 atom stereocenters. The van der Waals surface area contributed by atoms with Crippen LogP contribution in [0.2, 0.25) is 0 Å². The van der Waals surface area contributed by atoms with Crippen molar-refractivity contribution in [3.8, 4) is 0 Å². The maximum Gasteiger partial charge on any atom is 0.287 e. The zero-order valence-corrected chi connectivity index (χ0v) is 8.96. The number of aliphatic hydroxyl groups is 1. The van der Waals surface area contributed by atoms with Crippen LogP contribution in [0.15, 0.2) is 0 Å². The first-order valence-electron chi connectivity index (χ1n) is 4.80. The first-order valence-corrected chi connectivity index (χ1v) is 4.80. The van der Waals surface area contributed by atoms with Crippen LogP contribution in [0.5, 0.6) is 0 Å². The number of nitrogens with two attached hydrogens (primary N) is 1. The van der Waals surface area contributed by atoms with Gasteiger partial charge in [0.05, 0.1) is 12.6 Å². The van der Waals surface area contributed by atoms with E-state index in [2.05, 4.69) is 0 Å². The summed E-state index contributed by atoms with van der Waals surface area (Å²) in [6.07, 6.45) is 0.441. The Kier molecular flexibility index (Phi) is 5.67. The second kappa shape index (κ2) is 5.97. The maximum absolute atomic E-state index is 12.5. The van der Waals surface area contributed by atoms with Crippen molar-refractivity contribution in [2.75, 3.05) is 13.2 Å². The third kappa shape index (κ3) is 6.35. The molecule has 0 aliphatic carbocycles. The lowest BCUT2D eigenvalue weighted by atomic mass is 10.0. The molecule has 0 saturated carbocycles. The molecule has 4 N–H and O–H groups in total. The van der Waals surface area contributed by atoms with Gasteiger partial charge in [-0.3, -0.25) is 4.79 Å². The molecule has 0 rings (SSSR count). The van der Waals surface area contributed by atoms with Gasteiger partial charge in [0.25, 0.3) is 5.92 Å². The number of alkyl halides is 2. The summed E-state index contributed by atoms with van der Waals surface area (Å²) >= 11 is 0. The van der Waals surface area contributed by atoms with E-state index in [0.717, 1.165) is 0 Å². The van der Waals surface area contributed by atoms with Crippen LogP contribution < -0.4 is 11.1 Å². The minimum absolute atomic E-state index is 0.226. The lowest BCUT2D eigenvalue weighted by Crippen LogP contribution is -2.46. The summed E-state index contributed by atoms with van der Waals surface area (Å²) in [5.41, 5.74) is 5.47. The number of halogens is 2. The second-order valence-corrected chi connectivity index (χ2v) is 3.97. The van der Waals surface area contributed by atoms with Gasteiger partial charge in [-0.2, -0.15) is 0 Å². The highest BCUT2D eigenvalue weighted by Crippen LogP contribution is 2.10. The summed E-state index contributed by atoms with van der Waals surface area (Å²) in [6.45, 7) is 1.60. The average Bonchev–Trinajstić information content (AvgIpc) is 2.13. The zero-order valence-electron chi connectivity index (χ0n) is 8.96. The molecule has 1 amide bonds. The van der Waals surface area contributed by atoms with E-state index in [-0.39, 0.29) is 5.92 Å². The van der Waals surface area contributed by atoms with Crippen LogP contribution in [0.25, 0.3) is 0 Å². The molecule has 0 fully saturated rings. The van der Waals surface area contributed by atoms with Gasteiger partial charge in [0, 0.05) is 0 Å². The monoisotopic (exact) mass is 224 g/mol. The summed E-state index contributed by atoms with van der Waals surface area (Å²) in [7, 11) is 0. The van der Waals surface area contributed by atoms with E-state index < -0.39 is 31.0 Å². The lowest BCUT2D eigenvalue weighted by molar-refractivity contribution is -0.125. The Morgan fingerprint density at radius 2 is 2.07 bits per heavy atom. The normalized spacial score (nSPS) is 14.1. The topological polar surface area (TPSA) is 75.4 Å². The Balaban J connectivity index is 3.93. The fourth-order valence-electron chi connectivity index (χ4n) is 1.02. The molecular formula is C9H18F2N2O2. The standard InChI is InChI=1S/C9H18F2N2O2/c1-6(2)3-7(12)8(15)13-4-9(10,11)5-14/h6-7,14H,3-5,12H2,1-2H3,(H,13,15)/t7-/m0/s1. The molecule has 4 nitrogen and oxygen atoms in total. The highest BCUT2D eigenvalue weighted by molar-refractivity contribution is 5.81. The van der Waals surface area contributed by atoms with E-state index in [1.807, 2.05) is 19.2 Å². The molecule has 0 unspecified atom stereocenters. The van der Waals surface area contributed by atoms with E-state index in [4.69, 9.17) is 10.8 Å². The maximum atomic E-state index is 12.5. The SMILES string of the molecule is CC(C)C[C@H](N)C(=O)NCC(F)(F)CO. The predicted molar refractivity (Wildman–Crippen MR) is 52.5 cm³/mol. The minimum atomic E-state index is -3.28. The molecule has 0 spiro atoms. The van der Waals surface area contributed by atoms with E-state index in [1.54, 1.807) is 0 Å². The van der Waals surface area contributed by atoms with Gasteiger partial charge in [0.2, 0.25) is 5.91 Å². The highest BCUT2D eigenvalue weighted by Gasteiger charge is 2.29. The van der Waals surface area contributed by atoms with Crippen molar-refractivity contribution >= 4 is 5.91 Å². The molecule has 0 aliphatic rings. The first-order chi connectivity index (χ1) is 6.78. The Bertz CT molecular complexity index is 210. The molecule has 15 heavy (non-hydrogen) atoms. The van der Waals surface area contributed by atoms with Crippen LogP contribution in [0.4, 0.5) is 8.78 Å². The number of carbonyl (C=O) groups is 1. The summed E-state index contributed by atoms with van der Waals surface area (Å²) < 4.78 is 25.1. The number of amides is 1. The van der Waals surface area contributed by atoms with Crippen LogP contribution >= 0.6 is 0 Å². The van der Waals surface area contributed by atoms with Gasteiger partial charge in [-0.1, -0.05) is 13.8 Å². The quantitative estimate of drug-likeness (QED) is 0.599. The van der Waals surface area contributed by atoms with Crippen molar-refractivity contribution < 1.29 is 18.7 Å². The molecule has 0 aromatic carbocycles. The predicted octanol–water partition coefficient (Wildman–Crippen LogP) is 0.104. The molecule has 0 radical (unpaired) electrons. The van der Waals surface area contributed by atoms with E-state index in [0.29, 0.717) is 6.42 Å². The Labute approximate surface area is 87.8 Å². The average molecular weight is 224 g/mol. The van der Waals surface area contributed by atoms with Gasteiger partial charge in [-0.15, -0.1) is 0 Å². The summed E-state index contributed by atoms with van der Waals surface area (Å²) in [5.74, 6) is -3.67. The highest BCUT2D eigenvalue weighted by atomic mass is 19.3. The molecular weight excluding hydrogens is 206 g/mol. The molecule has 90 valence electrons. The van der Waals surface area contributed by atoms with E-state index in [9.17, 15) is 13.6 Å². The fraction of sp³-hybridized carbons (Fsp3) is 0.889. The number of carbonyl (C=O) groups excluding carboxylic acids is 1. The van der Waals surface area contributed by atoms with Gasteiger partial charge in [0.1, 0.15) is 6.61 Å². The molecule has 0 saturated heterocycles. The zero-order chi connectivity index (χ0) is 12.1. The summed E-state index contributed by atoms with van der Waals surface area (Å²) in [6, 6.07) is -0.778. The van der Waals surface area contributed by atoms with Crippen molar-refractivity contribution in [1.29, 1.82) is 0 Å². The van der Waals surface area contributed by atoms with Crippen molar-refractivity contribution in [1.82, 2.24) is 5.32 Å². The van der Waals surface area contributed by atoms with E-state index in [1.165, 1.54) is 0 Å². The Morgan fingerprint density at radius 1 is 1.53 bits per heavy atom. The smallest absolute Gasteiger partial charge is 0.287 e. The van der Waals surface area contributed by atoms with Crippen LogP contribution in [0, 0.1) is 5.92 Å². The number of aliphatic hydroxyl groups excluding tert-OH is 1. The second-order valence-electron chi connectivity index (χ2n) is 3.97. The third-order valence-electron chi connectivity index (χ3n) is 1.81. The molecule has 0 aliphatic heterocycles. The fourth-order valence-corrected chi connectivity index (χ4v) is 1.02. The van der Waals surface area contributed by atoms with Crippen LogP contribution in [-0.2, 0) is 4.79 Å². The Morgan fingerprint density at radius 3 is 2.47 bits per heavy atom. The first kappa shape index (κ1) is 14.2. The number of nitrogens with one attached hydrogen (secondary N) is 1. The summed E-state index contributed by atoms with van der Waals surface area (Å²) in [5, 5.41) is 10.3. The van der Waals surface area contributed by atoms with Gasteiger partial charge >= 0.3 is 0 Å². The van der Waals surface area contributed by atoms with Crippen molar-refractivity contribution in [3.05, 3.63) is 0 Å². The molecule has 0 aromatic heterocycles. The molecule has 0 bridgehead atoms. The molecule has 6 heteroatoms. The van der Waals surface area contributed by atoms with Crippen LogP contribution in [0.1, 0.15) is 20.3 Å². The van der Waals surface area contributed by atoms with Gasteiger partial charge in [-0.05, 0) is 12.3 Å². The molecule has 0 aromatic rings. The Hall–Kier alpha value is -0.750. The molecule has 0 heterocycles. The largest absolute Gasteiger partial charge is 0.390 e. The number of hydrogen-bond donors (Lipinski definition) is 3. The van der Waals surface area contributed by atoms with Crippen molar-refractivity contribution in [3.63, 3.8) is 0 Å². The third-order valence-corrected chi connectivity index (χ3v) is 1.81. The van der Waals surface area contributed by atoms with Crippen LogP contribution in [-0.4, -0.2) is 36.1 Å². The van der Waals surface area contributed by atoms with Gasteiger partial charge in [-0.25, -0.2) is 8.78 Å². The minimum Gasteiger partial charge on any atom is -0.390 e.